The van der Waals surface area contributed by atoms with E-state index < -0.39 is 0 Å². The van der Waals surface area contributed by atoms with Crippen molar-refractivity contribution in [3.8, 4) is 5.75 Å². The maximum absolute atomic E-state index is 5.73. The smallest absolute Gasteiger partial charge is 0.195 e. The molecule has 0 spiro atoms. The summed E-state index contributed by atoms with van der Waals surface area (Å²) in [6.07, 6.45) is 2.22. The summed E-state index contributed by atoms with van der Waals surface area (Å²) in [6, 6.07) is 7.84. The Morgan fingerprint density at radius 2 is 2.00 bits per heavy atom. The molecule has 0 saturated heterocycles. The molecule has 0 fully saturated rings. The molecule has 0 amide bonds. The number of anilines is 1. The van der Waals surface area contributed by atoms with Crippen LogP contribution in [-0.2, 0) is 0 Å². The summed E-state index contributed by atoms with van der Waals surface area (Å²) < 4.78 is 5.59. The number of benzene rings is 1. The first kappa shape index (κ1) is 13.4. The second kappa shape index (κ2) is 6.78. The van der Waals surface area contributed by atoms with Crippen LogP contribution in [0.15, 0.2) is 29.3 Å². The molecule has 94 valence electrons. The summed E-state index contributed by atoms with van der Waals surface area (Å²) in [5, 5.41) is 0. The largest absolute Gasteiger partial charge is 0.494 e. The van der Waals surface area contributed by atoms with E-state index in [-0.39, 0.29) is 0 Å². The molecule has 0 heterocycles. The van der Waals surface area contributed by atoms with Crippen molar-refractivity contribution in [3.63, 3.8) is 0 Å². The summed E-state index contributed by atoms with van der Waals surface area (Å²) in [5.74, 6) is 1.38. The molecule has 1 aromatic rings. The highest BCUT2D eigenvalue weighted by Crippen LogP contribution is 2.18. The molecule has 0 aliphatic carbocycles. The van der Waals surface area contributed by atoms with Gasteiger partial charge in [-0.2, -0.15) is 0 Å². The Balaban J connectivity index is 2.61. The third-order valence-electron chi connectivity index (χ3n) is 2.56. The van der Waals surface area contributed by atoms with Gasteiger partial charge < -0.3 is 15.4 Å². The van der Waals surface area contributed by atoms with E-state index in [4.69, 9.17) is 10.5 Å². The molecule has 1 aromatic carbocycles. The summed E-state index contributed by atoms with van der Waals surface area (Å²) >= 11 is 0. The van der Waals surface area contributed by atoms with Gasteiger partial charge in [-0.3, -0.25) is 4.99 Å². The quantitative estimate of drug-likeness (QED) is 0.484. The average Bonchev–Trinajstić information content (AvgIpc) is 2.38. The lowest BCUT2D eigenvalue weighted by Crippen LogP contribution is -2.33. The Morgan fingerprint density at radius 1 is 1.35 bits per heavy atom. The van der Waals surface area contributed by atoms with E-state index in [9.17, 15) is 0 Å². The maximum atomic E-state index is 5.73. The molecule has 0 aliphatic heterocycles. The van der Waals surface area contributed by atoms with E-state index in [0.717, 1.165) is 30.9 Å². The van der Waals surface area contributed by atoms with Gasteiger partial charge in [-0.05, 0) is 30.7 Å². The zero-order valence-corrected chi connectivity index (χ0v) is 10.8. The van der Waals surface area contributed by atoms with E-state index in [0.29, 0.717) is 5.96 Å². The van der Waals surface area contributed by atoms with Gasteiger partial charge in [-0.1, -0.05) is 13.3 Å². The van der Waals surface area contributed by atoms with Crippen LogP contribution in [0.4, 0.5) is 5.69 Å². The highest BCUT2D eigenvalue weighted by molar-refractivity contribution is 5.94. The lowest BCUT2D eigenvalue weighted by Gasteiger charge is -2.18. The zero-order chi connectivity index (χ0) is 12.7. The first-order valence-electron chi connectivity index (χ1n) is 5.88. The predicted octanol–water partition coefficient (Wildman–Crippen LogP) is 2.25. The van der Waals surface area contributed by atoms with Gasteiger partial charge in [0.1, 0.15) is 5.75 Å². The molecule has 4 nitrogen and oxygen atoms in total. The van der Waals surface area contributed by atoms with Crippen molar-refractivity contribution in [2.75, 3.05) is 25.6 Å². The fourth-order valence-corrected chi connectivity index (χ4v) is 1.38. The number of rotatable bonds is 5. The first-order chi connectivity index (χ1) is 8.19. The Labute approximate surface area is 103 Å². The minimum absolute atomic E-state index is 0.490. The second-order valence-corrected chi connectivity index (χ2v) is 3.84. The van der Waals surface area contributed by atoms with E-state index in [2.05, 4.69) is 11.9 Å². The zero-order valence-electron chi connectivity index (χ0n) is 10.8. The van der Waals surface area contributed by atoms with E-state index in [1.165, 1.54) is 0 Å². The number of nitrogens with two attached hydrogens (primary N) is 1. The van der Waals surface area contributed by atoms with E-state index >= 15 is 0 Å². The van der Waals surface area contributed by atoms with Crippen molar-refractivity contribution in [1.82, 2.24) is 0 Å². The lowest BCUT2D eigenvalue weighted by atomic mass is 10.3. The Kier molecular flexibility index (Phi) is 5.33. The topological polar surface area (TPSA) is 50.9 Å². The number of aliphatic imine (C=N–C) groups is 1. The van der Waals surface area contributed by atoms with Gasteiger partial charge in [0.2, 0.25) is 0 Å². The van der Waals surface area contributed by atoms with Gasteiger partial charge in [0.05, 0.1) is 6.61 Å². The summed E-state index contributed by atoms with van der Waals surface area (Å²) in [4.78, 5) is 5.77. The number of unbranched alkanes of at least 4 members (excludes halogenated alkanes) is 1. The van der Waals surface area contributed by atoms with Crippen LogP contribution in [0.25, 0.3) is 0 Å². The van der Waals surface area contributed by atoms with Gasteiger partial charge in [0.25, 0.3) is 0 Å². The van der Waals surface area contributed by atoms with Crippen LogP contribution < -0.4 is 15.4 Å². The Bertz CT molecular complexity index is 359. The van der Waals surface area contributed by atoms with Gasteiger partial charge in [0, 0.05) is 19.8 Å². The molecule has 0 unspecified atom stereocenters. The number of hydrogen-bond acceptors (Lipinski definition) is 2. The Hall–Kier alpha value is -1.71. The molecule has 4 heteroatoms. The monoisotopic (exact) mass is 235 g/mol. The average molecular weight is 235 g/mol. The van der Waals surface area contributed by atoms with Crippen LogP contribution in [0, 0.1) is 0 Å². The fraction of sp³-hybridized carbons (Fsp3) is 0.462. The molecule has 0 radical (unpaired) electrons. The van der Waals surface area contributed by atoms with Crippen LogP contribution in [0.5, 0.6) is 5.75 Å². The molecular formula is C13H21N3O. The molecule has 0 aliphatic rings. The summed E-state index contributed by atoms with van der Waals surface area (Å²) in [7, 11) is 3.56. The van der Waals surface area contributed by atoms with Gasteiger partial charge in [-0.25, -0.2) is 0 Å². The molecule has 2 N–H and O–H groups in total. The highest BCUT2D eigenvalue weighted by Gasteiger charge is 2.03. The van der Waals surface area contributed by atoms with Crippen molar-refractivity contribution in [3.05, 3.63) is 24.3 Å². The van der Waals surface area contributed by atoms with Crippen LogP contribution in [0.2, 0.25) is 0 Å². The highest BCUT2D eigenvalue weighted by atomic mass is 16.5. The molecule has 1 rings (SSSR count). The van der Waals surface area contributed by atoms with Gasteiger partial charge in [0.15, 0.2) is 5.96 Å². The van der Waals surface area contributed by atoms with Crippen molar-refractivity contribution in [1.29, 1.82) is 0 Å². The van der Waals surface area contributed by atoms with E-state index in [1.807, 2.05) is 36.2 Å². The Morgan fingerprint density at radius 3 is 2.53 bits per heavy atom. The number of guanidine groups is 1. The van der Waals surface area contributed by atoms with Crippen LogP contribution in [-0.4, -0.2) is 26.7 Å². The van der Waals surface area contributed by atoms with Gasteiger partial charge in [-0.15, -0.1) is 0 Å². The third-order valence-corrected chi connectivity index (χ3v) is 2.56. The van der Waals surface area contributed by atoms with Crippen molar-refractivity contribution >= 4 is 11.6 Å². The molecule has 0 saturated carbocycles. The normalized spacial score (nSPS) is 11.4. The second-order valence-electron chi connectivity index (χ2n) is 3.84. The van der Waals surface area contributed by atoms with Gasteiger partial charge >= 0.3 is 0 Å². The molecule has 17 heavy (non-hydrogen) atoms. The minimum Gasteiger partial charge on any atom is -0.494 e. The third kappa shape index (κ3) is 3.98. The standard InChI is InChI=1S/C13H21N3O/c1-4-5-10-17-12-8-6-11(7-9-12)16(3)13(14)15-2/h6-9H,4-5,10H2,1-3H3,(H2,14,15). The SMILES string of the molecule is CCCCOc1ccc(N(C)C(N)=NC)cc1. The van der Waals surface area contributed by atoms with E-state index in [1.54, 1.807) is 7.05 Å². The molecule has 0 atom stereocenters. The predicted molar refractivity (Wildman–Crippen MR) is 72.8 cm³/mol. The number of hydrogen-bond donors (Lipinski definition) is 1. The van der Waals surface area contributed by atoms with Crippen LogP contribution in [0.3, 0.4) is 0 Å². The minimum atomic E-state index is 0.490. The summed E-state index contributed by atoms with van der Waals surface area (Å²) in [6.45, 7) is 2.92. The van der Waals surface area contributed by atoms with Crippen molar-refractivity contribution < 1.29 is 4.74 Å². The van der Waals surface area contributed by atoms with Crippen LogP contribution in [0.1, 0.15) is 19.8 Å². The molecule has 0 bridgehead atoms. The summed E-state index contributed by atoms with van der Waals surface area (Å²) in [5.41, 5.74) is 6.73. The fourth-order valence-electron chi connectivity index (χ4n) is 1.38. The van der Waals surface area contributed by atoms with Crippen molar-refractivity contribution in [2.24, 2.45) is 10.7 Å². The maximum Gasteiger partial charge on any atom is 0.195 e. The van der Waals surface area contributed by atoms with Crippen molar-refractivity contribution in [2.45, 2.75) is 19.8 Å². The number of ether oxygens (including phenoxy) is 1. The van der Waals surface area contributed by atoms with Crippen LogP contribution >= 0.6 is 0 Å². The number of nitrogens with zero attached hydrogens (tertiary/aromatic N) is 2. The molecule has 0 aromatic heterocycles. The lowest BCUT2D eigenvalue weighted by molar-refractivity contribution is 0.309. The first-order valence-corrected chi connectivity index (χ1v) is 5.88. The molecular weight excluding hydrogens is 214 g/mol.